The van der Waals surface area contributed by atoms with Crippen LogP contribution < -0.4 is 5.32 Å². The van der Waals surface area contributed by atoms with Crippen molar-refractivity contribution in [3.63, 3.8) is 0 Å². The first-order valence-electron chi connectivity index (χ1n) is 4.20. The van der Waals surface area contributed by atoms with Crippen LogP contribution in [-0.4, -0.2) is 20.3 Å². The van der Waals surface area contributed by atoms with Crippen molar-refractivity contribution in [1.29, 1.82) is 5.26 Å². The number of rotatable bonds is 4. The molecule has 1 aromatic rings. The molecule has 0 aromatic heterocycles. The Morgan fingerprint density at radius 3 is 3.00 bits per heavy atom. The maximum atomic E-state index is 8.86. The van der Waals surface area contributed by atoms with Crippen LogP contribution >= 0.6 is 15.9 Å². The zero-order chi connectivity index (χ0) is 10.4. The lowest BCUT2D eigenvalue weighted by atomic mass is 10.2. The van der Waals surface area contributed by atoms with E-state index >= 15 is 0 Å². The van der Waals surface area contributed by atoms with Crippen LogP contribution in [0.3, 0.4) is 0 Å². The lowest BCUT2D eigenvalue weighted by Crippen LogP contribution is -2.08. The zero-order valence-electron chi connectivity index (χ0n) is 7.88. The third-order valence-electron chi connectivity index (χ3n) is 1.72. The van der Waals surface area contributed by atoms with Gasteiger partial charge in [0.1, 0.15) is 6.07 Å². The summed E-state index contributed by atoms with van der Waals surface area (Å²) in [5.74, 6) is 0. The molecule has 0 spiro atoms. The van der Waals surface area contributed by atoms with E-state index in [0.717, 1.165) is 10.2 Å². The summed E-state index contributed by atoms with van der Waals surface area (Å²) in [6, 6.07) is 7.69. The molecular weight excluding hydrogens is 244 g/mol. The van der Waals surface area contributed by atoms with Crippen LogP contribution in [0.4, 0.5) is 5.69 Å². The maximum absolute atomic E-state index is 8.86. The highest BCUT2D eigenvalue weighted by Gasteiger charge is 2.00. The van der Waals surface area contributed by atoms with E-state index < -0.39 is 0 Å². The summed E-state index contributed by atoms with van der Waals surface area (Å²) in [6.45, 7) is 1.33. The molecule has 0 heterocycles. The number of hydrogen-bond acceptors (Lipinski definition) is 3. The number of anilines is 1. The normalized spacial score (nSPS) is 9.50. The van der Waals surface area contributed by atoms with Crippen LogP contribution in [0, 0.1) is 11.3 Å². The van der Waals surface area contributed by atoms with Gasteiger partial charge in [0.2, 0.25) is 0 Å². The molecule has 1 rings (SSSR count). The van der Waals surface area contributed by atoms with Gasteiger partial charge in [-0.05, 0) is 18.2 Å². The van der Waals surface area contributed by atoms with Crippen molar-refractivity contribution in [2.24, 2.45) is 0 Å². The van der Waals surface area contributed by atoms with E-state index in [2.05, 4.69) is 27.3 Å². The van der Waals surface area contributed by atoms with Gasteiger partial charge in [-0.2, -0.15) is 5.26 Å². The third kappa shape index (κ3) is 3.02. The van der Waals surface area contributed by atoms with Gasteiger partial charge in [0, 0.05) is 18.1 Å². The summed E-state index contributed by atoms with van der Waals surface area (Å²) in [7, 11) is 1.65. The average Bonchev–Trinajstić information content (AvgIpc) is 2.20. The molecule has 0 aliphatic rings. The number of hydrogen-bond donors (Lipinski definition) is 1. The second-order valence-corrected chi connectivity index (χ2v) is 3.64. The molecule has 0 saturated heterocycles. The van der Waals surface area contributed by atoms with Crippen LogP contribution in [0.5, 0.6) is 0 Å². The van der Waals surface area contributed by atoms with Crippen LogP contribution in [0.25, 0.3) is 0 Å². The molecule has 1 N–H and O–H groups in total. The number of nitrogens with one attached hydrogen (secondary N) is 1. The number of benzene rings is 1. The summed E-state index contributed by atoms with van der Waals surface area (Å²) in [5, 5.41) is 12.0. The molecule has 0 amide bonds. The first-order valence-corrected chi connectivity index (χ1v) is 4.99. The Balaban J connectivity index is 2.72. The number of nitriles is 1. The van der Waals surface area contributed by atoms with E-state index in [1.165, 1.54) is 0 Å². The number of methoxy groups -OCH3 is 1. The topological polar surface area (TPSA) is 45.0 Å². The minimum Gasteiger partial charge on any atom is -0.383 e. The monoisotopic (exact) mass is 254 g/mol. The smallest absolute Gasteiger partial charge is 0.101 e. The fourth-order valence-electron chi connectivity index (χ4n) is 1.05. The highest BCUT2D eigenvalue weighted by molar-refractivity contribution is 9.10. The Morgan fingerprint density at radius 1 is 1.57 bits per heavy atom. The molecule has 0 fully saturated rings. The standard InChI is InChI=1S/C10H11BrN2O/c1-14-5-4-13-10-3-2-9(11)6-8(10)7-12/h2-3,6,13H,4-5H2,1H3. The minimum atomic E-state index is 0.626. The molecule has 14 heavy (non-hydrogen) atoms. The van der Waals surface area contributed by atoms with E-state index in [9.17, 15) is 0 Å². The largest absolute Gasteiger partial charge is 0.383 e. The summed E-state index contributed by atoms with van der Waals surface area (Å²) in [6.07, 6.45) is 0. The lowest BCUT2D eigenvalue weighted by molar-refractivity contribution is 0.211. The van der Waals surface area contributed by atoms with Crippen molar-refractivity contribution in [2.45, 2.75) is 0 Å². The Hall–Kier alpha value is -1.05. The number of halogens is 1. The highest BCUT2D eigenvalue weighted by atomic mass is 79.9. The molecule has 0 aliphatic carbocycles. The van der Waals surface area contributed by atoms with Crippen LogP contribution in [0.15, 0.2) is 22.7 Å². The Kier molecular flexibility index (Phi) is 4.44. The summed E-state index contributed by atoms with van der Waals surface area (Å²) in [4.78, 5) is 0. The van der Waals surface area contributed by atoms with Crippen molar-refractivity contribution in [3.05, 3.63) is 28.2 Å². The van der Waals surface area contributed by atoms with Crippen molar-refractivity contribution >= 4 is 21.6 Å². The van der Waals surface area contributed by atoms with Gasteiger partial charge in [-0.3, -0.25) is 0 Å². The van der Waals surface area contributed by atoms with Crippen LogP contribution in [0.1, 0.15) is 5.56 Å². The molecule has 0 unspecified atom stereocenters. The SMILES string of the molecule is COCCNc1ccc(Br)cc1C#N. The molecule has 3 nitrogen and oxygen atoms in total. The molecule has 0 aliphatic heterocycles. The van der Waals surface area contributed by atoms with Gasteiger partial charge in [-0.15, -0.1) is 0 Å². The van der Waals surface area contributed by atoms with E-state index in [1.54, 1.807) is 13.2 Å². The molecule has 0 atom stereocenters. The Labute approximate surface area is 91.8 Å². The summed E-state index contributed by atoms with van der Waals surface area (Å²) >= 11 is 3.32. The zero-order valence-corrected chi connectivity index (χ0v) is 9.47. The first kappa shape index (κ1) is 11.0. The van der Waals surface area contributed by atoms with Crippen molar-refractivity contribution in [2.75, 3.05) is 25.6 Å². The molecule has 0 radical (unpaired) electrons. The van der Waals surface area contributed by atoms with E-state index in [1.807, 2.05) is 12.1 Å². The lowest BCUT2D eigenvalue weighted by Gasteiger charge is -2.07. The van der Waals surface area contributed by atoms with E-state index in [-0.39, 0.29) is 0 Å². The fraction of sp³-hybridized carbons (Fsp3) is 0.300. The van der Waals surface area contributed by atoms with Gasteiger partial charge in [-0.1, -0.05) is 15.9 Å². The molecule has 0 bridgehead atoms. The summed E-state index contributed by atoms with van der Waals surface area (Å²) in [5.41, 5.74) is 1.48. The molecule has 74 valence electrons. The summed E-state index contributed by atoms with van der Waals surface area (Å²) < 4.78 is 5.81. The van der Waals surface area contributed by atoms with E-state index in [4.69, 9.17) is 10.00 Å². The predicted octanol–water partition coefficient (Wildman–Crippen LogP) is 2.38. The third-order valence-corrected chi connectivity index (χ3v) is 2.22. The van der Waals surface area contributed by atoms with Gasteiger partial charge >= 0.3 is 0 Å². The van der Waals surface area contributed by atoms with Gasteiger partial charge in [0.15, 0.2) is 0 Å². The minimum absolute atomic E-state index is 0.626. The highest BCUT2D eigenvalue weighted by Crippen LogP contribution is 2.19. The van der Waals surface area contributed by atoms with Gasteiger partial charge in [0.25, 0.3) is 0 Å². The average molecular weight is 255 g/mol. The van der Waals surface area contributed by atoms with Crippen molar-refractivity contribution < 1.29 is 4.74 Å². The number of nitrogens with zero attached hydrogens (tertiary/aromatic N) is 1. The molecule has 1 aromatic carbocycles. The maximum Gasteiger partial charge on any atom is 0.101 e. The van der Waals surface area contributed by atoms with Crippen molar-refractivity contribution in [1.82, 2.24) is 0 Å². The Bertz CT molecular complexity index is 346. The van der Waals surface area contributed by atoms with Gasteiger partial charge < -0.3 is 10.1 Å². The van der Waals surface area contributed by atoms with Crippen LogP contribution in [0.2, 0.25) is 0 Å². The van der Waals surface area contributed by atoms with Crippen LogP contribution in [-0.2, 0) is 4.74 Å². The molecule has 0 saturated carbocycles. The van der Waals surface area contributed by atoms with Gasteiger partial charge in [-0.25, -0.2) is 0 Å². The van der Waals surface area contributed by atoms with Crippen molar-refractivity contribution in [3.8, 4) is 6.07 Å². The Morgan fingerprint density at radius 2 is 2.36 bits per heavy atom. The molecular formula is C10H11BrN2O. The fourth-order valence-corrected chi connectivity index (χ4v) is 1.41. The molecule has 4 heteroatoms. The quantitative estimate of drug-likeness (QED) is 0.840. The second-order valence-electron chi connectivity index (χ2n) is 2.72. The number of ether oxygens (including phenoxy) is 1. The van der Waals surface area contributed by atoms with E-state index in [0.29, 0.717) is 18.7 Å². The second kappa shape index (κ2) is 5.63. The predicted molar refractivity (Wildman–Crippen MR) is 59.2 cm³/mol. The first-order chi connectivity index (χ1) is 6.77. The van der Waals surface area contributed by atoms with Gasteiger partial charge in [0.05, 0.1) is 17.9 Å².